The van der Waals surface area contributed by atoms with Gasteiger partial charge in [0.2, 0.25) is 0 Å². The molecule has 0 spiro atoms. The van der Waals surface area contributed by atoms with Gasteiger partial charge in [0, 0.05) is 75.3 Å². The fourth-order valence-corrected chi connectivity index (χ4v) is 7.25. The van der Waals surface area contributed by atoms with Gasteiger partial charge in [-0.15, -0.1) is 0 Å². The molecule has 7 rings (SSSR count). The zero-order valence-corrected chi connectivity index (χ0v) is 29.4. The monoisotopic (exact) mass is 663 g/mol. The van der Waals surface area contributed by atoms with E-state index in [4.69, 9.17) is 10.1 Å². The van der Waals surface area contributed by atoms with E-state index in [0.29, 0.717) is 19.6 Å². The molecule has 0 bridgehead atoms. The molecule has 1 fully saturated rings. The highest BCUT2D eigenvalue weighted by Crippen LogP contribution is 2.42. The number of piperazine rings is 1. The molecule has 8 nitrogen and oxygen atoms in total. The summed E-state index contributed by atoms with van der Waals surface area (Å²) in [5.41, 5.74) is 7.93. The maximum absolute atomic E-state index is 13.1. The second kappa shape index (κ2) is 14.2. The number of urea groups is 1. The van der Waals surface area contributed by atoms with Crippen LogP contribution in [0.2, 0.25) is 0 Å². The Kier molecular flexibility index (Phi) is 9.37. The van der Waals surface area contributed by atoms with Crippen LogP contribution in [0, 0.1) is 6.92 Å². The van der Waals surface area contributed by atoms with Crippen LogP contribution in [0.5, 0.6) is 0 Å². The minimum atomic E-state index is -0.687. The fraction of sp³-hybridized carbons (Fsp3) is 0.262. The Hall–Kier alpha value is -5.47. The molecule has 0 unspecified atom stereocenters. The Balaban J connectivity index is 1.25. The minimum Gasteiger partial charge on any atom is -0.367 e. The van der Waals surface area contributed by atoms with Gasteiger partial charge < -0.3 is 19.6 Å². The van der Waals surface area contributed by atoms with E-state index in [9.17, 15) is 4.79 Å². The fourth-order valence-electron chi connectivity index (χ4n) is 7.25. The lowest BCUT2D eigenvalue weighted by atomic mass is 9.77. The van der Waals surface area contributed by atoms with Gasteiger partial charge in [0.05, 0.1) is 11.2 Å². The molecule has 0 radical (unpaired) electrons. The second-order valence-electron chi connectivity index (χ2n) is 13.4. The van der Waals surface area contributed by atoms with E-state index in [1.165, 1.54) is 0 Å². The first kappa shape index (κ1) is 33.0. The van der Waals surface area contributed by atoms with Crippen molar-refractivity contribution >= 4 is 22.6 Å². The lowest BCUT2D eigenvalue weighted by Gasteiger charge is -2.38. The molecule has 1 saturated heterocycles. The van der Waals surface area contributed by atoms with Crippen molar-refractivity contribution in [3.63, 3.8) is 0 Å². The number of carbonyl (C=O) groups is 1. The number of nitrogens with zero attached hydrogens (tertiary/aromatic N) is 7. The third-order valence-corrected chi connectivity index (χ3v) is 9.95. The molecule has 0 saturated carbocycles. The van der Waals surface area contributed by atoms with Crippen LogP contribution in [0.4, 0.5) is 10.5 Å². The average molecular weight is 664 g/mol. The summed E-state index contributed by atoms with van der Waals surface area (Å²) in [6, 6.07) is 40.7. The Labute approximate surface area is 295 Å². The van der Waals surface area contributed by atoms with Crippen LogP contribution in [0.1, 0.15) is 22.4 Å². The van der Waals surface area contributed by atoms with Crippen LogP contribution >= 0.6 is 0 Å². The predicted molar refractivity (Wildman–Crippen MR) is 203 cm³/mol. The lowest BCUT2D eigenvalue weighted by Crippen LogP contribution is -2.52. The van der Waals surface area contributed by atoms with E-state index in [1.807, 2.05) is 37.1 Å². The molecule has 2 amide bonds. The number of hydrogen-bond acceptors (Lipinski definition) is 5. The van der Waals surface area contributed by atoms with Gasteiger partial charge in [0.25, 0.3) is 0 Å². The van der Waals surface area contributed by atoms with Gasteiger partial charge in [-0.05, 0) is 61.5 Å². The highest BCUT2D eigenvalue weighted by atomic mass is 16.2. The van der Waals surface area contributed by atoms with E-state index < -0.39 is 5.54 Å². The van der Waals surface area contributed by atoms with Crippen molar-refractivity contribution in [2.24, 2.45) is 0 Å². The number of rotatable bonds is 9. The van der Waals surface area contributed by atoms with Crippen LogP contribution in [0.25, 0.3) is 22.0 Å². The number of aryl methyl sites for hydroxylation is 1. The number of pyridine rings is 1. The van der Waals surface area contributed by atoms with Gasteiger partial charge in [-0.25, -0.2) is 4.79 Å². The van der Waals surface area contributed by atoms with Crippen molar-refractivity contribution in [1.82, 2.24) is 29.5 Å². The predicted octanol–water partition coefficient (Wildman–Crippen LogP) is 6.98. The smallest absolute Gasteiger partial charge is 0.319 e. The molecule has 3 heterocycles. The van der Waals surface area contributed by atoms with E-state index in [1.54, 1.807) is 0 Å². The van der Waals surface area contributed by atoms with Gasteiger partial charge in [-0.3, -0.25) is 9.67 Å². The highest BCUT2D eigenvalue weighted by molar-refractivity contribution is 5.95. The normalized spacial score (nSPS) is 13.6. The van der Waals surface area contributed by atoms with E-state index in [2.05, 4.69) is 143 Å². The van der Waals surface area contributed by atoms with E-state index in [0.717, 1.165) is 69.7 Å². The molecule has 0 atom stereocenters. The summed E-state index contributed by atoms with van der Waals surface area (Å²) in [6.45, 7) is 6.54. The van der Waals surface area contributed by atoms with Crippen molar-refractivity contribution in [2.45, 2.75) is 12.5 Å². The Morgan fingerprint density at radius 2 is 1.32 bits per heavy atom. The minimum absolute atomic E-state index is 0.0958. The van der Waals surface area contributed by atoms with Crippen LogP contribution in [0.3, 0.4) is 0 Å². The summed E-state index contributed by atoms with van der Waals surface area (Å²) < 4.78 is 2.15. The number of aromatic nitrogens is 3. The Morgan fingerprint density at radius 1 is 0.740 bits per heavy atom. The van der Waals surface area contributed by atoms with Gasteiger partial charge in [0.15, 0.2) is 0 Å². The van der Waals surface area contributed by atoms with E-state index >= 15 is 0 Å². The topological polar surface area (TPSA) is 60.7 Å². The van der Waals surface area contributed by atoms with Gasteiger partial charge in [-0.1, -0.05) is 97.1 Å². The van der Waals surface area contributed by atoms with Crippen molar-refractivity contribution in [3.05, 3.63) is 150 Å². The molecule has 8 heteroatoms. The first-order valence-corrected chi connectivity index (χ1v) is 17.4. The third-order valence-electron chi connectivity index (χ3n) is 9.95. The summed E-state index contributed by atoms with van der Waals surface area (Å²) in [7, 11) is 5.95. The van der Waals surface area contributed by atoms with Gasteiger partial charge in [0.1, 0.15) is 5.54 Å². The number of fused-ring (bicyclic) bond motifs is 1. The molecule has 50 heavy (non-hydrogen) atoms. The molecule has 254 valence electrons. The maximum Gasteiger partial charge on any atom is 0.319 e. The molecule has 6 aromatic rings. The van der Waals surface area contributed by atoms with Gasteiger partial charge >= 0.3 is 6.03 Å². The number of likely N-dealkylation sites (N-methyl/N-ethyl adjacent to an activating group) is 2. The molecular formula is C42H45N7O. The Morgan fingerprint density at radius 3 is 1.88 bits per heavy atom. The first-order valence-electron chi connectivity index (χ1n) is 17.4. The lowest BCUT2D eigenvalue weighted by molar-refractivity contribution is 0.156. The summed E-state index contributed by atoms with van der Waals surface area (Å²) in [4.78, 5) is 26.2. The number of anilines is 1. The molecule has 1 aliphatic rings. The Bertz CT molecular complexity index is 1960. The van der Waals surface area contributed by atoms with E-state index in [-0.39, 0.29) is 6.03 Å². The largest absolute Gasteiger partial charge is 0.367 e. The standard InChI is InChI=1S/C42H45N7O/c1-32-38(31-49(44-32)42(34-14-8-5-9-15-34,35-16-10-6-11-17-35)36-18-12-7-13-19-36)33-20-21-39-37(30-33)40(22-23-43-39)47-26-28-48(29-27-47)41(50)46(4)25-24-45(2)3/h5-23,30-31H,24-29H2,1-4H3. The zero-order chi connectivity index (χ0) is 34.7. The summed E-state index contributed by atoms with van der Waals surface area (Å²) in [6.07, 6.45) is 4.10. The van der Waals surface area contributed by atoms with Crippen molar-refractivity contribution < 1.29 is 4.79 Å². The van der Waals surface area contributed by atoms with Crippen LogP contribution in [-0.2, 0) is 5.54 Å². The molecule has 1 aliphatic heterocycles. The van der Waals surface area contributed by atoms with Crippen LogP contribution in [-0.4, -0.2) is 95.9 Å². The van der Waals surface area contributed by atoms with Crippen LogP contribution in [0.15, 0.2) is 128 Å². The van der Waals surface area contributed by atoms with Crippen molar-refractivity contribution in [2.75, 3.05) is 65.3 Å². The summed E-state index contributed by atoms with van der Waals surface area (Å²) in [5, 5.41) is 6.39. The molecular weight excluding hydrogens is 619 g/mol. The second-order valence-corrected chi connectivity index (χ2v) is 13.4. The quantitative estimate of drug-likeness (QED) is 0.156. The maximum atomic E-state index is 13.1. The summed E-state index contributed by atoms with van der Waals surface area (Å²) >= 11 is 0. The number of carbonyl (C=O) groups excluding carboxylic acids is 1. The van der Waals surface area contributed by atoms with Crippen LogP contribution < -0.4 is 4.90 Å². The molecule has 2 aromatic heterocycles. The summed E-state index contributed by atoms with van der Waals surface area (Å²) in [5.74, 6) is 0. The number of benzene rings is 4. The van der Waals surface area contributed by atoms with Crippen molar-refractivity contribution in [3.8, 4) is 11.1 Å². The first-order chi connectivity index (χ1) is 24.4. The molecule has 0 N–H and O–H groups in total. The molecule has 0 aliphatic carbocycles. The molecule has 4 aromatic carbocycles. The number of hydrogen-bond donors (Lipinski definition) is 0. The SMILES string of the molecule is Cc1nn(C(c2ccccc2)(c2ccccc2)c2ccccc2)cc1-c1ccc2nccc(N3CCN(C(=O)N(C)CCN(C)C)CC3)c2c1. The van der Waals surface area contributed by atoms with Crippen molar-refractivity contribution in [1.29, 1.82) is 0 Å². The number of amides is 2. The highest BCUT2D eigenvalue weighted by Gasteiger charge is 2.39. The average Bonchev–Trinajstić information content (AvgIpc) is 3.56. The van der Waals surface area contributed by atoms with Gasteiger partial charge in [-0.2, -0.15) is 5.10 Å². The zero-order valence-electron chi connectivity index (χ0n) is 29.4. The third kappa shape index (κ3) is 6.23.